The number of aryl methyl sites for hydroxylation is 5. The van der Waals surface area contributed by atoms with Crippen LogP contribution in [-0.2, 0) is 36.2 Å². The summed E-state index contributed by atoms with van der Waals surface area (Å²) in [5.74, 6) is 0. The first-order chi connectivity index (χ1) is 16.0. The van der Waals surface area contributed by atoms with Crippen molar-refractivity contribution < 1.29 is 41.6 Å². The molecule has 0 aliphatic heterocycles. The Balaban J connectivity index is 0.00000408. The second-order valence-electron chi connectivity index (χ2n) is 8.88. The molecule has 7 heteroatoms. The molecule has 3 aromatic rings. The number of nitrogens with zero attached hydrogens (tertiary/aromatic N) is 2. The summed E-state index contributed by atoms with van der Waals surface area (Å²) >= 11 is 0. The molecule has 36 heavy (non-hydrogen) atoms. The third-order valence-electron chi connectivity index (χ3n) is 6.25. The van der Waals surface area contributed by atoms with Gasteiger partial charge in [-0.3, -0.25) is 9.88 Å². The van der Waals surface area contributed by atoms with E-state index in [2.05, 4.69) is 97.6 Å². The van der Waals surface area contributed by atoms with Crippen molar-refractivity contribution in [1.82, 2.24) is 9.88 Å². The van der Waals surface area contributed by atoms with Crippen LogP contribution in [0.2, 0.25) is 0 Å². The maximum Gasteiger partial charge on any atom is 2.00 e. The van der Waals surface area contributed by atoms with Gasteiger partial charge in [0.1, 0.15) is 0 Å². The molecule has 0 unspecified atom stereocenters. The molecule has 199 valence electrons. The molecule has 1 heterocycles. The van der Waals surface area contributed by atoms with Gasteiger partial charge in [-0.2, -0.15) is 0 Å². The fourth-order valence-electron chi connectivity index (χ4n) is 4.60. The molecule has 1 aromatic heterocycles. The van der Waals surface area contributed by atoms with Crippen molar-refractivity contribution in [3.8, 4) is 0 Å². The number of hydrogen-bond acceptors (Lipinski definition) is 4. The summed E-state index contributed by atoms with van der Waals surface area (Å²) in [5, 5.41) is 7.44. The van der Waals surface area contributed by atoms with Crippen LogP contribution in [0.4, 0.5) is 11.4 Å². The van der Waals surface area contributed by atoms with Crippen molar-refractivity contribution in [2.24, 2.45) is 0 Å². The number of rotatable bonds is 12. The molecule has 0 saturated heterocycles. The van der Waals surface area contributed by atoms with Gasteiger partial charge in [-0.05, 0) is 68.0 Å². The second kappa shape index (κ2) is 17.7. The van der Waals surface area contributed by atoms with E-state index in [1.807, 2.05) is 12.3 Å². The normalized spacial score (nSPS) is 10.2. The fourth-order valence-corrected chi connectivity index (χ4v) is 4.60. The summed E-state index contributed by atoms with van der Waals surface area (Å²) in [6.45, 7) is 15.6. The van der Waals surface area contributed by atoms with Crippen LogP contribution >= 0.6 is 0 Å². The van der Waals surface area contributed by atoms with Crippen molar-refractivity contribution in [2.75, 3.05) is 36.8 Å². The molecule has 0 spiro atoms. The van der Waals surface area contributed by atoms with Gasteiger partial charge >= 0.3 is 16.8 Å². The van der Waals surface area contributed by atoms with Crippen LogP contribution < -0.4 is 35.4 Å². The first kappa shape index (κ1) is 34.2. The van der Waals surface area contributed by atoms with E-state index in [-0.39, 0.29) is 41.6 Å². The summed E-state index contributed by atoms with van der Waals surface area (Å²) in [4.78, 5) is 7.05. The van der Waals surface area contributed by atoms with E-state index in [1.54, 1.807) is 0 Å². The van der Waals surface area contributed by atoms with Crippen molar-refractivity contribution >= 4 is 11.4 Å². The zero-order valence-corrected chi connectivity index (χ0v) is 24.7. The Kier molecular flexibility index (Phi) is 16.8. The summed E-state index contributed by atoms with van der Waals surface area (Å²) in [5.41, 5.74) is 10.4. The third-order valence-corrected chi connectivity index (χ3v) is 6.25. The molecule has 0 aliphatic rings. The largest absolute Gasteiger partial charge is 2.00 e. The molecule has 0 amide bonds. The predicted octanol–water partition coefficient (Wildman–Crippen LogP) is 0.163. The molecule has 0 bridgehead atoms. The SMILES string of the molecule is CCc1cccc(CC)c1NCCN(CCNc1c(C)cc(C)cc1C)Cc1ccccn1.[Cl-].[Cl-].[Co+2]. The maximum atomic E-state index is 4.56. The number of para-hydroxylation sites is 1. The van der Waals surface area contributed by atoms with E-state index in [0.717, 1.165) is 51.3 Å². The minimum Gasteiger partial charge on any atom is -1.00 e. The summed E-state index contributed by atoms with van der Waals surface area (Å²) in [7, 11) is 0. The Morgan fingerprint density at radius 2 is 1.31 bits per heavy atom. The maximum absolute atomic E-state index is 4.56. The van der Waals surface area contributed by atoms with E-state index in [1.165, 1.54) is 39.2 Å². The van der Waals surface area contributed by atoms with Crippen molar-refractivity contribution in [2.45, 2.75) is 54.0 Å². The van der Waals surface area contributed by atoms with E-state index < -0.39 is 0 Å². The van der Waals surface area contributed by atoms with Crippen LogP contribution in [0.3, 0.4) is 0 Å². The molecule has 0 atom stereocenters. The second-order valence-corrected chi connectivity index (χ2v) is 8.88. The monoisotopic (exact) mass is 573 g/mol. The van der Waals surface area contributed by atoms with Gasteiger partial charge in [0, 0.05) is 50.3 Å². The number of nitrogens with one attached hydrogen (secondary N) is 2. The Morgan fingerprint density at radius 3 is 1.81 bits per heavy atom. The topological polar surface area (TPSA) is 40.2 Å². The Morgan fingerprint density at radius 1 is 0.750 bits per heavy atom. The zero-order chi connectivity index (χ0) is 23.6. The van der Waals surface area contributed by atoms with E-state index >= 15 is 0 Å². The van der Waals surface area contributed by atoms with Crippen LogP contribution in [0.5, 0.6) is 0 Å². The average molecular weight is 575 g/mol. The smallest absolute Gasteiger partial charge is 1.00 e. The van der Waals surface area contributed by atoms with Crippen molar-refractivity contribution in [3.63, 3.8) is 0 Å². The van der Waals surface area contributed by atoms with Gasteiger partial charge in [0.15, 0.2) is 0 Å². The molecule has 2 N–H and O–H groups in total. The van der Waals surface area contributed by atoms with Gasteiger partial charge < -0.3 is 35.4 Å². The number of pyridine rings is 1. The van der Waals surface area contributed by atoms with Crippen LogP contribution in [0, 0.1) is 20.8 Å². The van der Waals surface area contributed by atoms with E-state index in [0.29, 0.717) is 0 Å². The molecular formula is C29H40Cl2CoN4. The Bertz CT molecular complexity index is 986. The standard InChI is InChI=1S/C29H40N4.2ClH.Co/c1-6-25-11-10-12-26(7-2)29(25)32-16-18-33(21-27-13-8-9-14-30-27)17-15-31-28-23(4)19-22(3)20-24(28)5;;;/h8-14,19-20,31-32H,6-7,15-18,21H2,1-5H3;2*1H;/q;;;+2/p-2. The molecule has 1 radical (unpaired) electrons. The average Bonchev–Trinajstić information content (AvgIpc) is 2.81. The molecule has 4 nitrogen and oxygen atoms in total. The number of benzene rings is 2. The van der Waals surface area contributed by atoms with Crippen LogP contribution in [0.15, 0.2) is 54.7 Å². The molecule has 0 saturated carbocycles. The zero-order valence-electron chi connectivity index (χ0n) is 22.1. The van der Waals surface area contributed by atoms with Crippen molar-refractivity contribution in [3.05, 3.63) is 88.2 Å². The van der Waals surface area contributed by atoms with Crippen LogP contribution in [0.1, 0.15) is 47.4 Å². The fraction of sp³-hybridized carbons (Fsp3) is 0.414. The number of hydrogen-bond donors (Lipinski definition) is 2. The van der Waals surface area contributed by atoms with E-state index in [9.17, 15) is 0 Å². The molecule has 2 aromatic carbocycles. The Labute approximate surface area is 241 Å². The molecule has 0 fully saturated rings. The van der Waals surface area contributed by atoms with Gasteiger partial charge in [-0.1, -0.05) is 55.8 Å². The summed E-state index contributed by atoms with van der Waals surface area (Å²) in [6, 6.07) is 17.3. The minimum absolute atomic E-state index is 0. The van der Waals surface area contributed by atoms with Crippen molar-refractivity contribution in [1.29, 1.82) is 0 Å². The first-order valence-corrected chi connectivity index (χ1v) is 12.3. The predicted molar refractivity (Wildman–Crippen MR) is 142 cm³/mol. The van der Waals surface area contributed by atoms with Crippen LogP contribution in [0.25, 0.3) is 0 Å². The molecule has 0 aliphatic carbocycles. The molecule has 3 rings (SSSR count). The van der Waals surface area contributed by atoms with Gasteiger partial charge in [-0.15, -0.1) is 0 Å². The Hall–Kier alpha value is -1.76. The third kappa shape index (κ3) is 9.95. The van der Waals surface area contributed by atoms with Gasteiger partial charge in [0.05, 0.1) is 5.69 Å². The first-order valence-electron chi connectivity index (χ1n) is 12.3. The summed E-state index contributed by atoms with van der Waals surface area (Å²) < 4.78 is 0. The van der Waals surface area contributed by atoms with Gasteiger partial charge in [0.2, 0.25) is 0 Å². The number of anilines is 2. The van der Waals surface area contributed by atoms with E-state index in [4.69, 9.17) is 0 Å². The summed E-state index contributed by atoms with van der Waals surface area (Å²) in [6.07, 6.45) is 3.98. The molecular weight excluding hydrogens is 534 g/mol. The van der Waals surface area contributed by atoms with Gasteiger partial charge in [-0.25, -0.2) is 0 Å². The minimum atomic E-state index is 0. The van der Waals surface area contributed by atoms with Crippen LogP contribution in [-0.4, -0.2) is 36.1 Å². The number of aromatic nitrogens is 1. The quantitative estimate of drug-likeness (QED) is 0.324. The van der Waals surface area contributed by atoms with Gasteiger partial charge in [0.25, 0.3) is 0 Å². The number of halogens is 2.